The number of imidazole rings is 1. The van der Waals surface area contributed by atoms with Gasteiger partial charge in [-0.1, -0.05) is 6.92 Å². The van der Waals surface area contributed by atoms with Crippen LogP contribution in [0.2, 0.25) is 0 Å². The lowest BCUT2D eigenvalue weighted by Gasteiger charge is -2.15. The highest BCUT2D eigenvalue weighted by atomic mass is 32.2. The van der Waals surface area contributed by atoms with Crippen molar-refractivity contribution < 1.29 is 13.2 Å². The molecule has 0 aliphatic carbocycles. The van der Waals surface area contributed by atoms with Gasteiger partial charge in [0.1, 0.15) is 5.82 Å². The van der Waals surface area contributed by atoms with Gasteiger partial charge in [0.25, 0.3) is 10.0 Å². The van der Waals surface area contributed by atoms with Crippen LogP contribution in [-0.2, 0) is 21.9 Å². The fourth-order valence-electron chi connectivity index (χ4n) is 2.27. The number of likely N-dealkylation sites (tertiary alicyclic amines) is 1. The maximum atomic E-state index is 12.2. The third-order valence-electron chi connectivity index (χ3n) is 3.39. The number of amides is 1. The Morgan fingerprint density at radius 3 is 2.75 bits per heavy atom. The molecule has 1 aromatic rings. The van der Waals surface area contributed by atoms with Crippen LogP contribution in [0.3, 0.4) is 0 Å². The molecule has 0 radical (unpaired) electrons. The second-order valence-electron chi connectivity index (χ2n) is 5.10. The minimum atomic E-state index is -3.67. The molecule has 1 aromatic heterocycles. The van der Waals surface area contributed by atoms with Gasteiger partial charge in [-0.2, -0.15) is 0 Å². The first-order valence-corrected chi connectivity index (χ1v) is 8.12. The number of carbonyl (C=O) groups is 1. The first-order chi connectivity index (χ1) is 9.33. The molecule has 2 rings (SSSR count). The third kappa shape index (κ3) is 3.01. The Morgan fingerprint density at radius 1 is 1.50 bits per heavy atom. The lowest BCUT2D eigenvalue weighted by Crippen LogP contribution is -2.37. The van der Waals surface area contributed by atoms with E-state index >= 15 is 0 Å². The highest BCUT2D eigenvalue weighted by molar-refractivity contribution is 7.89. The Bertz CT molecular complexity index is 589. The second-order valence-corrected chi connectivity index (χ2v) is 6.76. The number of hydrogen-bond acceptors (Lipinski definition) is 4. The van der Waals surface area contributed by atoms with Crippen LogP contribution < -0.4 is 4.72 Å². The molecule has 20 heavy (non-hydrogen) atoms. The number of aryl methyl sites for hydroxylation is 2. The molecule has 1 aliphatic heterocycles. The van der Waals surface area contributed by atoms with Gasteiger partial charge >= 0.3 is 0 Å². The number of sulfonamides is 1. The van der Waals surface area contributed by atoms with Crippen molar-refractivity contribution in [1.29, 1.82) is 0 Å². The summed E-state index contributed by atoms with van der Waals surface area (Å²) in [5, 5.41) is -0.00103. The number of rotatable bonds is 5. The summed E-state index contributed by atoms with van der Waals surface area (Å²) < 4.78 is 28.6. The van der Waals surface area contributed by atoms with Crippen molar-refractivity contribution in [2.24, 2.45) is 7.05 Å². The van der Waals surface area contributed by atoms with Crippen LogP contribution in [-0.4, -0.2) is 47.9 Å². The zero-order valence-corrected chi connectivity index (χ0v) is 12.8. The van der Waals surface area contributed by atoms with Crippen LogP contribution in [0, 0.1) is 6.92 Å². The van der Waals surface area contributed by atoms with Gasteiger partial charge in [0.15, 0.2) is 5.03 Å². The molecule has 0 aromatic carbocycles. The first kappa shape index (κ1) is 15.0. The van der Waals surface area contributed by atoms with E-state index < -0.39 is 10.0 Å². The molecule has 7 nitrogen and oxygen atoms in total. The van der Waals surface area contributed by atoms with Gasteiger partial charge in [-0.05, 0) is 13.3 Å². The van der Waals surface area contributed by atoms with Crippen LogP contribution in [0.15, 0.2) is 11.2 Å². The average Bonchev–Trinajstić information content (AvgIpc) is 2.84. The van der Waals surface area contributed by atoms with Crippen molar-refractivity contribution >= 4 is 15.9 Å². The van der Waals surface area contributed by atoms with E-state index in [-0.39, 0.29) is 23.4 Å². The van der Waals surface area contributed by atoms with Gasteiger partial charge in [0, 0.05) is 38.8 Å². The van der Waals surface area contributed by atoms with E-state index in [1.165, 1.54) is 6.20 Å². The van der Waals surface area contributed by atoms with E-state index in [0.717, 1.165) is 6.42 Å². The molecule has 8 heteroatoms. The van der Waals surface area contributed by atoms with Crippen LogP contribution >= 0.6 is 0 Å². The van der Waals surface area contributed by atoms with Crippen molar-refractivity contribution in [3.05, 3.63) is 12.0 Å². The number of nitrogens with one attached hydrogen (secondary N) is 1. The summed E-state index contributed by atoms with van der Waals surface area (Å²) >= 11 is 0. The first-order valence-electron chi connectivity index (χ1n) is 6.63. The second kappa shape index (κ2) is 5.53. The lowest BCUT2D eigenvalue weighted by atomic mass is 10.3. The van der Waals surface area contributed by atoms with E-state index in [1.54, 1.807) is 23.4 Å². The largest absolute Gasteiger partial charge is 0.341 e. The van der Waals surface area contributed by atoms with Gasteiger partial charge in [0.2, 0.25) is 5.91 Å². The summed E-state index contributed by atoms with van der Waals surface area (Å²) in [5.41, 5.74) is 0. The standard InChI is InChI=1S/C12H20N4O3S/c1-4-5-16-7-10(6-12(16)17)14-20(18,19)11-8-15(3)9(2)13-11/h8,10,14H,4-7H2,1-3H3/t10-/m1/s1. The molecule has 0 bridgehead atoms. The zero-order chi connectivity index (χ0) is 14.9. The molecule has 1 aliphatic rings. The SMILES string of the molecule is CCCN1C[C@H](NS(=O)(=O)c2cn(C)c(C)n2)CC1=O. The van der Waals surface area contributed by atoms with Crippen LogP contribution in [0.5, 0.6) is 0 Å². The minimum Gasteiger partial charge on any atom is -0.341 e. The zero-order valence-electron chi connectivity index (χ0n) is 12.0. The molecular weight excluding hydrogens is 280 g/mol. The molecule has 1 fully saturated rings. The van der Waals surface area contributed by atoms with Crippen LogP contribution in [0.4, 0.5) is 0 Å². The van der Waals surface area contributed by atoms with Gasteiger partial charge in [-0.15, -0.1) is 0 Å². The fourth-order valence-corrected chi connectivity index (χ4v) is 3.54. The van der Waals surface area contributed by atoms with E-state index in [9.17, 15) is 13.2 Å². The highest BCUT2D eigenvalue weighted by Gasteiger charge is 2.32. The van der Waals surface area contributed by atoms with E-state index in [2.05, 4.69) is 9.71 Å². The Hall–Kier alpha value is -1.41. The summed E-state index contributed by atoms with van der Waals surface area (Å²) in [4.78, 5) is 17.4. The van der Waals surface area contributed by atoms with Gasteiger partial charge in [-0.25, -0.2) is 18.1 Å². The Labute approximate surface area is 119 Å². The molecule has 2 heterocycles. The van der Waals surface area contributed by atoms with Crippen LogP contribution in [0.25, 0.3) is 0 Å². The molecule has 0 spiro atoms. The number of nitrogens with zero attached hydrogens (tertiary/aromatic N) is 3. The minimum absolute atomic E-state index is 0.00103. The normalized spacial score (nSPS) is 19.9. The van der Waals surface area contributed by atoms with Gasteiger partial charge in [0.05, 0.1) is 0 Å². The predicted octanol–water partition coefficient (Wildman–Crippen LogP) is 0.0177. The summed E-state index contributed by atoms with van der Waals surface area (Å²) in [6.07, 6.45) is 2.55. The molecule has 0 unspecified atom stereocenters. The monoisotopic (exact) mass is 300 g/mol. The molecule has 1 N–H and O–H groups in total. The van der Waals surface area contributed by atoms with Gasteiger partial charge in [-0.3, -0.25) is 4.79 Å². The molecule has 1 amide bonds. The van der Waals surface area contributed by atoms with Crippen molar-refractivity contribution in [3.63, 3.8) is 0 Å². The predicted molar refractivity (Wildman–Crippen MR) is 73.5 cm³/mol. The molecule has 0 saturated carbocycles. The number of hydrogen-bond donors (Lipinski definition) is 1. The van der Waals surface area contributed by atoms with Crippen LogP contribution in [0.1, 0.15) is 25.6 Å². The summed E-state index contributed by atoms with van der Waals surface area (Å²) in [6.45, 7) is 4.82. The molecule has 1 atom stereocenters. The smallest absolute Gasteiger partial charge is 0.259 e. The maximum absolute atomic E-state index is 12.2. The van der Waals surface area contributed by atoms with Crippen molar-refractivity contribution in [1.82, 2.24) is 19.2 Å². The Balaban J connectivity index is 2.08. The number of aromatic nitrogens is 2. The summed E-state index contributed by atoms with van der Waals surface area (Å²) in [7, 11) is -1.93. The molecule has 112 valence electrons. The van der Waals surface area contributed by atoms with E-state index in [4.69, 9.17) is 0 Å². The average molecular weight is 300 g/mol. The van der Waals surface area contributed by atoms with Crippen molar-refractivity contribution in [2.45, 2.75) is 37.8 Å². The Kier molecular flexibility index (Phi) is 4.14. The maximum Gasteiger partial charge on any atom is 0.259 e. The summed E-state index contributed by atoms with van der Waals surface area (Å²) in [6, 6.07) is -0.374. The highest BCUT2D eigenvalue weighted by Crippen LogP contribution is 2.15. The van der Waals surface area contributed by atoms with E-state index in [0.29, 0.717) is 18.9 Å². The third-order valence-corrected chi connectivity index (χ3v) is 4.78. The van der Waals surface area contributed by atoms with Crippen molar-refractivity contribution in [2.75, 3.05) is 13.1 Å². The molecular formula is C12H20N4O3S. The Morgan fingerprint density at radius 2 is 2.20 bits per heavy atom. The number of carbonyl (C=O) groups excluding carboxylic acids is 1. The summed E-state index contributed by atoms with van der Waals surface area (Å²) in [5.74, 6) is 0.622. The van der Waals surface area contributed by atoms with Crippen molar-refractivity contribution in [3.8, 4) is 0 Å². The van der Waals surface area contributed by atoms with Gasteiger partial charge < -0.3 is 9.47 Å². The molecule has 1 saturated heterocycles. The lowest BCUT2D eigenvalue weighted by molar-refractivity contribution is -0.127. The quantitative estimate of drug-likeness (QED) is 0.830. The fraction of sp³-hybridized carbons (Fsp3) is 0.667. The van der Waals surface area contributed by atoms with E-state index in [1.807, 2.05) is 6.92 Å². The topological polar surface area (TPSA) is 84.3 Å².